The van der Waals surface area contributed by atoms with Crippen molar-refractivity contribution >= 4 is 40.8 Å². The van der Waals surface area contributed by atoms with Crippen LogP contribution in [0.15, 0.2) is 24.3 Å². The van der Waals surface area contributed by atoms with Gasteiger partial charge in [-0.1, -0.05) is 12.1 Å². The summed E-state index contributed by atoms with van der Waals surface area (Å²) < 4.78 is 3.78. The van der Waals surface area contributed by atoms with Crippen LogP contribution in [0.5, 0.6) is 0 Å². The number of carbonyl (C=O) groups is 2. The van der Waals surface area contributed by atoms with Crippen LogP contribution in [-0.2, 0) is 14.3 Å². The van der Waals surface area contributed by atoms with Crippen molar-refractivity contribution in [2.45, 2.75) is 17.7 Å². The summed E-state index contributed by atoms with van der Waals surface area (Å²) in [6.45, 7) is 1.12. The van der Waals surface area contributed by atoms with Gasteiger partial charge in [0.2, 0.25) is 0 Å². The van der Waals surface area contributed by atoms with Gasteiger partial charge in [-0.25, -0.2) is 0 Å². The van der Waals surface area contributed by atoms with E-state index >= 15 is 0 Å². The number of amides is 1. The Balaban J connectivity index is 1.89. The molecule has 1 unspecified atom stereocenters. The van der Waals surface area contributed by atoms with Crippen molar-refractivity contribution < 1.29 is 14.3 Å². The van der Waals surface area contributed by atoms with Crippen molar-refractivity contribution in [2.24, 2.45) is 5.41 Å². The van der Waals surface area contributed by atoms with E-state index in [4.69, 9.17) is 33.2 Å². The number of hydrogen-bond donors (Lipinski definition) is 1. The number of anilines is 1. The highest BCUT2D eigenvalue weighted by molar-refractivity contribution is 6.53. The first-order chi connectivity index (χ1) is 9.80. The molecule has 0 saturated heterocycles. The van der Waals surface area contributed by atoms with Crippen molar-refractivity contribution in [2.75, 3.05) is 11.9 Å². The molecule has 1 aliphatic rings. The maximum Gasteiger partial charge on any atom is 0.315 e. The minimum absolute atomic E-state index is 0.292. The first-order valence-corrected chi connectivity index (χ1v) is 6.90. The normalized spacial score (nSPS) is 22.0. The fourth-order valence-corrected chi connectivity index (χ4v) is 2.48. The molecule has 1 aromatic rings. The summed E-state index contributed by atoms with van der Waals surface area (Å²) in [7, 11) is 0. The third-order valence-corrected chi connectivity index (χ3v) is 4.47. The molecule has 0 aromatic heterocycles. The smallest absolute Gasteiger partial charge is 0.315 e. The molecule has 1 aromatic carbocycles. The first-order valence-electron chi connectivity index (χ1n) is 6.14. The molecule has 21 heavy (non-hydrogen) atoms. The van der Waals surface area contributed by atoms with Crippen LogP contribution in [0.3, 0.4) is 0 Å². The molecule has 5 nitrogen and oxygen atoms in total. The number of nitriles is 1. The Morgan fingerprint density at radius 2 is 2.05 bits per heavy atom. The van der Waals surface area contributed by atoms with Gasteiger partial charge < -0.3 is 10.1 Å². The van der Waals surface area contributed by atoms with Gasteiger partial charge in [0.15, 0.2) is 6.61 Å². The summed E-state index contributed by atoms with van der Waals surface area (Å²) >= 11 is 11.7. The molecule has 1 N–H and O–H groups in total. The molecule has 0 bridgehead atoms. The third kappa shape index (κ3) is 3.12. The van der Waals surface area contributed by atoms with Crippen molar-refractivity contribution in [1.29, 1.82) is 5.26 Å². The van der Waals surface area contributed by atoms with Crippen LogP contribution < -0.4 is 5.32 Å². The lowest BCUT2D eigenvalue weighted by molar-refractivity contribution is -0.152. The molecule has 1 amide bonds. The fourth-order valence-electron chi connectivity index (χ4n) is 1.79. The molecule has 0 heterocycles. The minimum Gasteiger partial charge on any atom is -0.455 e. The topological polar surface area (TPSA) is 79.2 Å². The summed E-state index contributed by atoms with van der Waals surface area (Å²) in [5, 5.41) is 11.4. The van der Waals surface area contributed by atoms with Gasteiger partial charge in [0, 0.05) is 6.42 Å². The zero-order valence-corrected chi connectivity index (χ0v) is 12.7. The van der Waals surface area contributed by atoms with E-state index in [1.807, 2.05) is 6.07 Å². The Hall–Kier alpha value is -1.77. The Bertz CT molecular complexity index is 639. The fraction of sp³-hybridized carbons (Fsp3) is 0.357. The number of benzene rings is 1. The maximum absolute atomic E-state index is 11.8. The molecule has 0 aliphatic heterocycles. The number of ether oxygens (including phenoxy) is 1. The largest absolute Gasteiger partial charge is 0.455 e. The molecule has 1 saturated carbocycles. The van der Waals surface area contributed by atoms with Crippen LogP contribution in [0.4, 0.5) is 5.69 Å². The zero-order chi connectivity index (χ0) is 15.7. The lowest BCUT2D eigenvalue weighted by atomic mass is 10.1. The number of rotatable bonds is 4. The monoisotopic (exact) mass is 326 g/mol. The number of carbonyl (C=O) groups excluding carboxylic acids is 2. The summed E-state index contributed by atoms with van der Waals surface area (Å²) in [5.74, 6) is -1.15. The van der Waals surface area contributed by atoms with Gasteiger partial charge in [-0.3, -0.25) is 9.59 Å². The SMILES string of the molecule is CC1(C(=O)OCC(=O)Nc2ccccc2C#N)CC1(Cl)Cl. The quantitative estimate of drug-likeness (QED) is 0.681. The molecule has 110 valence electrons. The number of hydrogen-bond acceptors (Lipinski definition) is 4. The van der Waals surface area contributed by atoms with Crippen molar-refractivity contribution in [3.8, 4) is 6.07 Å². The van der Waals surface area contributed by atoms with Crippen LogP contribution >= 0.6 is 23.2 Å². The summed E-state index contributed by atoms with van der Waals surface area (Å²) in [4.78, 5) is 23.5. The average molecular weight is 327 g/mol. The molecule has 1 fully saturated rings. The van der Waals surface area contributed by atoms with E-state index in [-0.39, 0.29) is 0 Å². The number of para-hydroxylation sites is 1. The van der Waals surface area contributed by atoms with Gasteiger partial charge >= 0.3 is 5.97 Å². The summed E-state index contributed by atoms with van der Waals surface area (Å²) in [5.41, 5.74) is -0.282. The Morgan fingerprint density at radius 3 is 2.62 bits per heavy atom. The highest BCUT2D eigenvalue weighted by Gasteiger charge is 2.69. The van der Waals surface area contributed by atoms with E-state index in [9.17, 15) is 9.59 Å². The summed E-state index contributed by atoms with van der Waals surface area (Å²) in [6.07, 6.45) is 0.292. The van der Waals surface area contributed by atoms with Crippen LogP contribution in [0.2, 0.25) is 0 Å². The molecule has 0 spiro atoms. The van der Waals surface area contributed by atoms with E-state index in [0.29, 0.717) is 17.7 Å². The first kappa shape index (κ1) is 15.6. The Morgan fingerprint density at radius 1 is 1.43 bits per heavy atom. The lowest BCUT2D eigenvalue weighted by Gasteiger charge is -2.12. The highest BCUT2D eigenvalue weighted by Crippen LogP contribution is 2.64. The number of nitrogens with zero attached hydrogens (tertiary/aromatic N) is 1. The van der Waals surface area contributed by atoms with Crippen LogP contribution in [0.1, 0.15) is 18.9 Å². The van der Waals surface area contributed by atoms with Gasteiger partial charge in [0.25, 0.3) is 5.91 Å². The van der Waals surface area contributed by atoms with E-state index in [0.717, 1.165) is 0 Å². The van der Waals surface area contributed by atoms with Crippen molar-refractivity contribution in [3.05, 3.63) is 29.8 Å². The lowest BCUT2D eigenvalue weighted by Crippen LogP contribution is -2.27. The highest BCUT2D eigenvalue weighted by atomic mass is 35.5. The maximum atomic E-state index is 11.8. The number of esters is 1. The molecule has 1 atom stereocenters. The predicted octanol–water partition coefficient (Wildman–Crippen LogP) is 2.62. The van der Waals surface area contributed by atoms with E-state index in [1.165, 1.54) is 0 Å². The standard InChI is InChI=1S/C14H12Cl2N2O3/c1-13(8-14(13,15)16)12(20)21-7-11(19)18-10-5-3-2-4-9(10)6-17/h2-5H,7-8H2,1H3,(H,18,19). The van der Waals surface area contributed by atoms with Crippen molar-refractivity contribution in [3.63, 3.8) is 0 Å². The second-order valence-corrected chi connectivity index (χ2v) is 6.48. The van der Waals surface area contributed by atoms with Gasteiger partial charge in [-0.15, -0.1) is 23.2 Å². The number of alkyl halides is 2. The van der Waals surface area contributed by atoms with Crippen LogP contribution in [0.25, 0.3) is 0 Å². The molecule has 7 heteroatoms. The Kier molecular flexibility index (Phi) is 4.13. The number of halogens is 2. The van der Waals surface area contributed by atoms with Gasteiger partial charge in [-0.2, -0.15) is 5.26 Å². The third-order valence-electron chi connectivity index (χ3n) is 3.36. The van der Waals surface area contributed by atoms with E-state index in [1.54, 1.807) is 31.2 Å². The van der Waals surface area contributed by atoms with Crippen LogP contribution in [0, 0.1) is 16.7 Å². The molecule has 2 rings (SSSR count). The van der Waals surface area contributed by atoms with Gasteiger partial charge in [0.1, 0.15) is 15.8 Å². The number of nitrogens with one attached hydrogen (secondary N) is 1. The molecule has 1 aliphatic carbocycles. The van der Waals surface area contributed by atoms with Crippen molar-refractivity contribution in [1.82, 2.24) is 0 Å². The minimum atomic E-state index is -1.13. The van der Waals surface area contributed by atoms with Crippen LogP contribution in [-0.4, -0.2) is 22.8 Å². The summed E-state index contributed by atoms with van der Waals surface area (Å²) in [6, 6.07) is 8.48. The second-order valence-electron chi connectivity index (χ2n) is 5.00. The van der Waals surface area contributed by atoms with Gasteiger partial charge in [-0.05, 0) is 19.1 Å². The second kappa shape index (κ2) is 5.55. The van der Waals surface area contributed by atoms with E-state index < -0.39 is 28.2 Å². The molecular formula is C14H12Cl2N2O3. The Labute approximate surface area is 131 Å². The average Bonchev–Trinajstić information content (AvgIpc) is 2.97. The van der Waals surface area contributed by atoms with Gasteiger partial charge in [0.05, 0.1) is 11.3 Å². The zero-order valence-electron chi connectivity index (χ0n) is 11.2. The molecular weight excluding hydrogens is 315 g/mol. The molecule has 0 radical (unpaired) electrons. The van der Waals surface area contributed by atoms with E-state index in [2.05, 4.69) is 5.32 Å². The predicted molar refractivity (Wildman–Crippen MR) is 77.9 cm³/mol.